The van der Waals surface area contributed by atoms with Gasteiger partial charge in [0.2, 0.25) is 11.8 Å². The predicted molar refractivity (Wildman–Crippen MR) is 93.8 cm³/mol. The van der Waals surface area contributed by atoms with Gasteiger partial charge in [-0.1, -0.05) is 0 Å². The molecule has 0 bridgehead atoms. The Kier molecular flexibility index (Phi) is 4.59. The van der Waals surface area contributed by atoms with E-state index in [1.807, 2.05) is 6.92 Å². The lowest BCUT2D eigenvalue weighted by atomic mass is 9.97. The highest BCUT2D eigenvalue weighted by Gasteiger charge is 2.25. The third-order valence-corrected chi connectivity index (χ3v) is 5.34. The van der Waals surface area contributed by atoms with Gasteiger partial charge in [0.25, 0.3) is 0 Å². The van der Waals surface area contributed by atoms with Crippen LogP contribution in [0.1, 0.15) is 35.4 Å². The van der Waals surface area contributed by atoms with E-state index in [9.17, 15) is 4.39 Å². The summed E-state index contributed by atoms with van der Waals surface area (Å²) in [6.45, 7) is 4.93. The zero-order valence-corrected chi connectivity index (χ0v) is 14.8. The van der Waals surface area contributed by atoms with Gasteiger partial charge in [-0.3, -0.25) is 4.90 Å². The molecule has 0 amide bonds. The number of hydrogen-bond acceptors (Lipinski definition) is 6. The summed E-state index contributed by atoms with van der Waals surface area (Å²) in [5.41, 5.74) is 1.90. The van der Waals surface area contributed by atoms with Crippen LogP contribution in [-0.4, -0.2) is 33.2 Å². The number of nitrogens with zero attached hydrogens (tertiary/aromatic N) is 4. The van der Waals surface area contributed by atoms with Crippen LogP contribution in [0, 0.1) is 12.7 Å². The molecule has 3 heterocycles. The van der Waals surface area contributed by atoms with Gasteiger partial charge >= 0.3 is 0 Å². The van der Waals surface area contributed by atoms with Gasteiger partial charge in [0.05, 0.1) is 10.7 Å². The Bertz CT molecular complexity index is 837. The maximum Gasteiger partial charge on any atom is 0.247 e. The lowest BCUT2D eigenvalue weighted by Crippen LogP contribution is -2.32. The van der Waals surface area contributed by atoms with E-state index in [2.05, 4.69) is 25.5 Å². The minimum Gasteiger partial charge on any atom is -0.420 e. The average molecular weight is 358 g/mol. The van der Waals surface area contributed by atoms with Gasteiger partial charge in [-0.15, -0.1) is 21.5 Å². The number of aromatic nitrogens is 3. The fraction of sp³-hybridized carbons (Fsp3) is 0.389. The lowest BCUT2D eigenvalue weighted by Gasteiger charge is -2.29. The van der Waals surface area contributed by atoms with Crippen molar-refractivity contribution in [3.63, 3.8) is 0 Å². The average Bonchev–Trinajstić information content (AvgIpc) is 3.26. The molecule has 1 saturated heterocycles. The van der Waals surface area contributed by atoms with Crippen LogP contribution in [0.4, 0.5) is 4.39 Å². The maximum atomic E-state index is 13.0. The Balaban J connectivity index is 1.37. The highest BCUT2D eigenvalue weighted by molar-refractivity contribution is 7.09. The monoisotopic (exact) mass is 358 g/mol. The number of thiazole rings is 1. The van der Waals surface area contributed by atoms with Crippen molar-refractivity contribution in [2.75, 3.05) is 13.1 Å². The zero-order chi connectivity index (χ0) is 17.2. The van der Waals surface area contributed by atoms with Gasteiger partial charge < -0.3 is 4.42 Å². The molecule has 130 valence electrons. The first-order chi connectivity index (χ1) is 12.2. The molecule has 5 nitrogen and oxygen atoms in total. The molecule has 0 unspecified atom stereocenters. The van der Waals surface area contributed by atoms with Crippen LogP contribution in [-0.2, 0) is 6.54 Å². The van der Waals surface area contributed by atoms with E-state index in [4.69, 9.17) is 4.42 Å². The second kappa shape index (κ2) is 7.01. The van der Waals surface area contributed by atoms with Crippen LogP contribution in [0.3, 0.4) is 0 Å². The largest absolute Gasteiger partial charge is 0.420 e. The van der Waals surface area contributed by atoms with Gasteiger partial charge in [-0.2, -0.15) is 0 Å². The Morgan fingerprint density at radius 1 is 1.20 bits per heavy atom. The first-order valence-corrected chi connectivity index (χ1v) is 9.28. The van der Waals surface area contributed by atoms with Gasteiger partial charge in [-0.25, -0.2) is 9.37 Å². The molecule has 4 rings (SSSR count). The van der Waals surface area contributed by atoms with Gasteiger partial charge in [-0.05, 0) is 57.1 Å². The number of aryl methyl sites for hydroxylation is 1. The molecular weight excluding hydrogens is 339 g/mol. The fourth-order valence-corrected chi connectivity index (χ4v) is 3.76. The summed E-state index contributed by atoms with van der Waals surface area (Å²) in [7, 11) is 0. The molecule has 0 aliphatic carbocycles. The van der Waals surface area contributed by atoms with Crippen LogP contribution in [0.2, 0.25) is 0 Å². The molecule has 0 radical (unpaired) electrons. The van der Waals surface area contributed by atoms with Crippen LogP contribution < -0.4 is 0 Å². The van der Waals surface area contributed by atoms with E-state index in [0.717, 1.165) is 48.7 Å². The van der Waals surface area contributed by atoms with Crippen molar-refractivity contribution in [2.45, 2.75) is 32.2 Å². The molecule has 1 aromatic carbocycles. The standard InChI is InChI=1S/C18H19FN4OS/c1-12-20-16(11-25-12)10-23-8-6-14(7-9-23)18-22-21-17(24-18)13-2-4-15(19)5-3-13/h2-5,11,14H,6-10H2,1H3. The third kappa shape index (κ3) is 3.77. The lowest BCUT2D eigenvalue weighted by molar-refractivity contribution is 0.191. The minimum absolute atomic E-state index is 0.272. The van der Waals surface area contributed by atoms with Crippen LogP contribution in [0.25, 0.3) is 11.5 Å². The molecular formula is C18H19FN4OS. The Labute approximate surface area is 149 Å². The van der Waals surface area contributed by atoms with E-state index in [0.29, 0.717) is 11.8 Å². The number of piperidine rings is 1. The molecule has 7 heteroatoms. The van der Waals surface area contributed by atoms with Crippen molar-refractivity contribution < 1.29 is 8.81 Å². The van der Waals surface area contributed by atoms with Crippen molar-refractivity contribution in [1.29, 1.82) is 0 Å². The summed E-state index contributed by atoms with van der Waals surface area (Å²) in [5.74, 6) is 1.15. The summed E-state index contributed by atoms with van der Waals surface area (Å²) >= 11 is 1.70. The molecule has 0 N–H and O–H groups in total. The smallest absolute Gasteiger partial charge is 0.247 e. The van der Waals surface area contributed by atoms with Crippen LogP contribution in [0.5, 0.6) is 0 Å². The molecule has 25 heavy (non-hydrogen) atoms. The summed E-state index contributed by atoms with van der Waals surface area (Å²) in [4.78, 5) is 6.95. The normalized spacial score (nSPS) is 16.4. The molecule has 1 aliphatic heterocycles. The van der Waals surface area contributed by atoms with E-state index >= 15 is 0 Å². The topological polar surface area (TPSA) is 55.1 Å². The van der Waals surface area contributed by atoms with Crippen molar-refractivity contribution in [2.24, 2.45) is 0 Å². The highest BCUT2D eigenvalue weighted by Crippen LogP contribution is 2.30. The molecule has 3 aromatic rings. The summed E-state index contributed by atoms with van der Waals surface area (Å²) in [6.07, 6.45) is 1.99. The predicted octanol–water partition coefficient (Wildman–Crippen LogP) is 4.02. The Morgan fingerprint density at radius 3 is 2.64 bits per heavy atom. The van der Waals surface area contributed by atoms with E-state index in [-0.39, 0.29) is 11.7 Å². The SMILES string of the molecule is Cc1nc(CN2CCC(c3nnc(-c4ccc(F)cc4)o3)CC2)cs1. The summed E-state index contributed by atoms with van der Waals surface area (Å²) < 4.78 is 18.8. The van der Waals surface area contributed by atoms with Crippen molar-refractivity contribution in [3.05, 3.63) is 52.1 Å². The van der Waals surface area contributed by atoms with E-state index in [1.165, 1.54) is 12.1 Å². The number of rotatable bonds is 4. The molecule has 0 spiro atoms. The first-order valence-electron chi connectivity index (χ1n) is 8.40. The molecule has 1 aliphatic rings. The second-order valence-electron chi connectivity index (χ2n) is 6.36. The van der Waals surface area contributed by atoms with E-state index < -0.39 is 0 Å². The van der Waals surface area contributed by atoms with E-state index in [1.54, 1.807) is 23.5 Å². The molecule has 1 fully saturated rings. The number of hydrogen-bond donors (Lipinski definition) is 0. The Hall–Kier alpha value is -2.12. The molecule has 0 saturated carbocycles. The van der Waals surface area contributed by atoms with Crippen LogP contribution >= 0.6 is 11.3 Å². The number of halogens is 1. The third-order valence-electron chi connectivity index (χ3n) is 4.52. The van der Waals surface area contributed by atoms with Crippen molar-refractivity contribution >= 4 is 11.3 Å². The number of benzene rings is 1. The molecule has 2 aromatic heterocycles. The van der Waals surface area contributed by atoms with Crippen molar-refractivity contribution in [1.82, 2.24) is 20.1 Å². The van der Waals surface area contributed by atoms with Gasteiger partial charge in [0.15, 0.2) is 0 Å². The number of likely N-dealkylation sites (tertiary alicyclic amines) is 1. The van der Waals surface area contributed by atoms with Crippen molar-refractivity contribution in [3.8, 4) is 11.5 Å². The Morgan fingerprint density at radius 2 is 1.96 bits per heavy atom. The zero-order valence-electron chi connectivity index (χ0n) is 14.0. The fourth-order valence-electron chi connectivity index (χ4n) is 3.16. The van der Waals surface area contributed by atoms with Gasteiger partial charge in [0, 0.05) is 23.4 Å². The van der Waals surface area contributed by atoms with Crippen LogP contribution in [0.15, 0.2) is 34.1 Å². The quantitative estimate of drug-likeness (QED) is 0.705. The minimum atomic E-state index is -0.272. The molecule has 0 atom stereocenters. The highest BCUT2D eigenvalue weighted by atomic mass is 32.1. The maximum absolute atomic E-state index is 13.0. The van der Waals surface area contributed by atoms with Gasteiger partial charge in [0.1, 0.15) is 5.82 Å². The first kappa shape index (κ1) is 16.4. The summed E-state index contributed by atoms with van der Waals surface area (Å²) in [6, 6.07) is 6.12. The second-order valence-corrected chi connectivity index (χ2v) is 7.42. The summed E-state index contributed by atoms with van der Waals surface area (Å²) in [5, 5.41) is 11.6.